The third kappa shape index (κ3) is 1.62. The van der Waals surface area contributed by atoms with Crippen LogP contribution in [0.3, 0.4) is 0 Å². The number of fused-ring (bicyclic) bond motifs is 2. The summed E-state index contributed by atoms with van der Waals surface area (Å²) in [7, 11) is 0. The van der Waals surface area contributed by atoms with E-state index in [2.05, 4.69) is 6.20 Å². The average molecular weight is 262 g/mol. The highest BCUT2D eigenvalue weighted by atomic mass is 16.5. The molecule has 19 heavy (non-hydrogen) atoms. The molecule has 0 aromatic carbocycles. The van der Waals surface area contributed by atoms with Crippen LogP contribution in [0.25, 0.3) is 0 Å². The van der Waals surface area contributed by atoms with Crippen molar-refractivity contribution in [2.75, 3.05) is 13.1 Å². The number of quaternary nitrogens is 1. The first-order chi connectivity index (χ1) is 9.19. The molecule has 0 N–H and O–H groups in total. The fourth-order valence-electron chi connectivity index (χ4n) is 4.99. The number of carbonyl (C=O) groups excluding carboxylic acids is 1. The molecule has 4 heteroatoms. The highest BCUT2D eigenvalue weighted by Gasteiger charge is 2.51. The number of amides is 1. The standard InChI is InChI=1S/C15H22N2O2/c18-14-7-1-6-13-12-5-3-9-17(19)8-2-4-11(15(12)17)10-16(13)14/h10,12-13,15H,1-9H2/t12-,13-,15+,17-/m1/s1. The minimum absolute atomic E-state index is 0.00896. The van der Waals surface area contributed by atoms with Crippen LogP contribution in [0, 0.1) is 11.1 Å². The number of hydrogen-bond acceptors (Lipinski definition) is 2. The van der Waals surface area contributed by atoms with Gasteiger partial charge in [-0.2, -0.15) is 0 Å². The lowest BCUT2D eigenvalue weighted by atomic mass is 9.71. The second-order valence-corrected chi connectivity index (χ2v) is 6.72. The molecule has 0 spiro atoms. The second-order valence-electron chi connectivity index (χ2n) is 6.72. The van der Waals surface area contributed by atoms with Crippen molar-refractivity contribution >= 4 is 5.91 Å². The van der Waals surface area contributed by atoms with Gasteiger partial charge in [0.25, 0.3) is 0 Å². The Morgan fingerprint density at radius 1 is 1.16 bits per heavy atom. The molecule has 4 aliphatic heterocycles. The topological polar surface area (TPSA) is 43.4 Å². The van der Waals surface area contributed by atoms with Crippen LogP contribution >= 0.6 is 0 Å². The van der Waals surface area contributed by atoms with Gasteiger partial charge in [0.05, 0.1) is 13.1 Å². The summed E-state index contributed by atoms with van der Waals surface area (Å²) in [5.74, 6) is 0.707. The SMILES string of the molecule is O=C1CCC[C@@H]2[C@H]3CCC[N@+]4([O-])CCCC(=CN12)[C@@H]34. The van der Waals surface area contributed by atoms with Gasteiger partial charge in [-0.3, -0.25) is 4.79 Å². The predicted molar refractivity (Wildman–Crippen MR) is 71.7 cm³/mol. The summed E-state index contributed by atoms with van der Waals surface area (Å²) >= 11 is 0. The summed E-state index contributed by atoms with van der Waals surface area (Å²) in [6, 6.07) is 0.495. The van der Waals surface area contributed by atoms with E-state index in [9.17, 15) is 10.0 Å². The molecule has 3 saturated heterocycles. The quantitative estimate of drug-likeness (QED) is 0.496. The maximum absolute atomic E-state index is 13.1. The normalized spacial score (nSPS) is 45.3. The monoisotopic (exact) mass is 262 g/mol. The van der Waals surface area contributed by atoms with Crippen molar-refractivity contribution in [3.8, 4) is 0 Å². The van der Waals surface area contributed by atoms with Gasteiger partial charge in [0.2, 0.25) is 5.91 Å². The molecular formula is C15H22N2O2. The van der Waals surface area contributed by atoms with E-state index < -0.39 is 0 Å². The summed E-state index contributed by atoms with van der Waals surface area (Å²) in [5, 5.41) is 13.1. The highest BCUT2D eigenvalue weighted by Crippen LogP contribution is 2.46. The van der Waals surface area contributed by atoms with E-state index in [-0.39, 0.29) is 16.6 Å². The van der Waals surface area contributed by atoms with E-state index in [1.165, 1.54) is 5.57 Å². The van der Waals surface area contributed by atoms with E-state index >= 15 is 0 Å². The lowest BCUT2D eigenvalue weighted by Crippen LogP contribution is -2.66. The van der Waals surface area contributed by atoms with Gasteiger partial charge in [-0.15, -0.1) is 0 Å². The molecule has 0 radical (unpaired) electrons. The lowest BCUT2D eigenvalue weighted by Gasteiger charge is -2.61. The Kier molecular flexibility index (Phi) is 2.55. The minimum Gasteiger partial charge on any atom is -0.632 e. The van der Waals surface area contributed by atoms with Gasteiger partial charge in [0, 0.05) is 36.6 Å². The van der Waals surface area contributed by atoms with Crippen molar-refractivity contribution in [1.29, 1.82) is 0 Å². The van der Waals surface area contributed by atoms with Crippen LogP contribution in [0.4, 0.5) is 0 Å². The largest absolute Gasteiger partial charge is 0.632 e. The second kappa shape index (κ2) is 4.06. The average Bonchev–Trinajstić information content (AvgIpc) is 2.40. The third-order valence-corrected chi connectivity index (χ3v) is 5.70. The van der Waals surface area contributed by atoms with Gasteiger partial charge in [-0.25, -0.2) is 0 Å². The van der Waals surface area contributed by atoms with Crippen LogP contribution in [0.5, 0.6) is 0 Å². The molecule has 4 nitrogen and oxygen atoms in total. The van der Waals surface area contributed by atoms with Crippen molar-refractivity contribution in [3.05, 3.63) is 17.0 Å². The van der Waals surface area contributed by atoms with Crippen molar-refractivity contribution in [3.63, 3.8) is 0 Å². The molecule has 1 amide bonds. The van der Waals surface area contributed by atoms with Crippen molar-refractivity contribution < 1.29 is 9.44 Å². The van der Waals surface area contributed by atoms with E-state index in [0.717, 1.165) is 51.6 Å². The van der Waals surface area contributed by atoms with Gasteiger partial charge in [-0.05, 0) is 32.1 Å². The number of rotatable bonds is 0. The maximum Gasteiger partial charge on any atom is 0.226 e. The summed E-state index contributed by atoms with van der Waals surface area (Å²) in [6.45, 7) is 1.58. The molecular weight excluding hydrogens is 240 g/mol. The molecule has 4 rings (SSSR count). The third-order valence-electron chi connectivity index (χ3n) is 5.70. The number of carbonyl (C=O) groups is 1. The molecule has 0 aromatic rings. The first kappa shape index (κ1) is 11.9. The molecule has 0 unspecified atom stereocenters. The number of hydrogen-bond donors (Lipinski definition) is 0. The first-order valence-electron chi connectivity index (χ1n) is 7.78. The lowest BCUT2D eigenvalue weighted by molar-refractivity contribution is -0.914. The zero-order valence-corrected chi connectivity index (χ0v) is 11.4. The number of piperidine rings is 3. The first-order valence-corrected chi connectivity index (χ1v) is 7.78. The van der Waals surface area contributed by atoms with Gasteiger partial charge >= 0.3 is 0 Å². The van der Waals surface area contributed by atoms with E-state index in [0.29, 0.717) is 18.4 Å². The summed E-state index contributed by atoms with van der Waals surface area (Å²) in [4.78, 5) is 14.1. The highest BCUT2D eigenvalue weighted by molar-refractivity contribution is 5.78. The van der Waals surface area contributed by atoms with Crippen LogP contribution in [-0.4, -0.2) is 40.6 Å². The molecule has 0 aliphatic carbocycles. The molecule has 4 aliphatic rings. The van der Waals surface area contributed by atoms with Crippen molar-refractivity contribution in [2.45, 2.75) is 57.0 Å². The number of nitrogens with zero attached hydrogens (tertiary/aromatic N) is 2. The van der Waals surface area contributed by atoms with Gasteiger partial charge in [-0.1, -0.05) is 0 Å². The molecule has 104 valence electrons. The van der Waals surface area contributed by atoms with Gasteiger partial charge in [0.1, 0.15) is 6.04 Å². The zero-order chi connectivity index (χ0) is 13.0. The summed E-state index contributed by atoms with van der Waals surface area (Å²) in [6.07, 6.45) is 9.06. The zero-order valence-electron chi connectivity index (χ0n) is 11.4. The Labute approximate surface area is 114 Å². The molecule has 4 heterocycles. The van der Waals surface area contributed by atoms with E-state index in [4.69, 9.17) is 0 Å². The summed E-state index contributed by atoms with van der Waals surface area (Å²) < 4.78 is 0.00896. The maximum atomic E-state index is 13.1. The van der Waals surface area contributed by atoms with Crippen LogP contribution in [0.15, 0.2) is 11.8 Å². The Balaban J connectivity index is 1.78. The van der Waals surface area contributed by atoms with Crippen LogP contribution in [0.1, 0.15) is 44.9 Å². The predicted octanol–water partition coefficient (Wildman–Crippen LogP) is 2.15. The Bertz CT molecular complexity index is 443. The summed E-state index contributed by atoms with van der Waals surface area (Å²) in [5.41, 5.74) is 1.28. The van der Waals surface area contributed by atoms with Crippen LogP contribution < -0.4 is 0 Å². The molecule has 3 fully saturated rings. The van der Waals surface area contributed by atoms with Crippen molar-refractivity contribution in [2.24, 2.45) is 5.92 Å². The molecule has 0 saturated carbocycles. The Morgan fingerprint density at radius 3 is 2.89 bits per heavy atom. The van der Waals surface area contributed by atoms with E-state index in [1.54, 1.807) is 0 Å². The Hall–Kier alpha value is -0.870. The number of hydroxylamine groups is 3. The van der Waals surface area contributed by atoms with Crippen LogP contribution in [-0.2, 0) is 4.79 Å². The molecule has 4 atom stereocenters. The van der Waals surface area contributed by atoms with E-state index in [1.807, 2.05) is 4.90 Å². The van der Waals surface area contributed by atoms with Gasteiger partial charge in [0.15, 0.2) is 0 Å². The smallest absolute Gasteiger partial charge is 0.226 e. The molecule has 0 aromatic heterocycles. The fraction of sp³-hybridized carbons (Fsp3) is 0.800. The minimum atomic E-state index is 0.00896. The molecule has 0 bridgehead atoms. The fourth-order valence-corrected chi connectivity index (χ4v) is 4.99. The van der Waals surface area contributed by atoms with Gasteiger partial charge < -0.3 is 14.8 Å². The van der Waals surface area contributed by atoms with Crippen LogP contribution in [0.2, 0.25) is 0 Å². The Morgan fingerprint density at radius 2 is 2.00 bits per heavy atom. The van der Waals surface area contributed by atoms with Crippen molar-refractivity contribution in [1.82, 2.24) is 4.90 Å².